The minimum atomic E-state index is 0.620. The van der Waals surface area contributed by atoms with E-state index in [2.05, 4.69) is 31.0 Å². The highest BCUT2D eigenvalue weighted by Gasteiger charge is 2.19. The highest BCUT2D eigenvalue weighted by molar-refractivity contribution is 5.40. The van der Waals surface area contributed by atoms with Crippen molar-refractivity contribution in [2.24, 2.45) is 5.92 Å². The molecule has 2 rings (SSSR count). The van der Waals surface area contributed by atoms with E-state index < -0.39 is 0 Å². The van der Waals surface area contributed by atoms with Crippen molar-refractivity contribution in [3.05, 3.63) is 29.8 Å². The quantitative estimate of drug-likeness (QED) is 0.778. The minimum Gasteiger partial charge on any atom is -0.399 e. The Hall–Kier alpha value is -1.02. The SMILES string of the molecule is CC(CCN(C)CC1CCC1)c1ccc(N)cc1. The van der Waals surface area contributed by atoms with Crippen molar-refractivity contribution in [2.45, 2.75) is 38.5 Å². The lowest BCUT2D eigenvalue weighted by Gasteiger charge is -2.30. The van der Waals surface area contributed by atoms with Gasteiger partial charge in [0.1, 0.15) is 0 Å². The Morgan fingerprint density at radius 2 is 1.94 bits per heavy atom. The van der Waals surface area contributed by atoms with Gasteiger partial charge >= 0.3 is 0 Å². The number of benzene rings is 1. The molecule has 100 valence electrons. The third kappa shape index (κ3) is 3.74. The van der Waals surface area contributed by atoms with E-state index in [1.807, 2.05) is 12.1 Å². The lowest BCUT2D eigenvalue weighted by molar-refractivity contribution is 0.202. The number of rotatable bonds is 6. The number of nitrogens with two attached hydrogens (primary N) is 1. The highest BCUT2D eigenvalue weighted by atomic mass is 15.1. The number of nitrogen functional groups attached to an aromatic ring is 1. The van der Waals surface area contributed by atoms with Gasteiger partial charge in [-0.25, -0.2) is 0 Å². The average Bonchev–Trinajstić information content (AvgIpc) is 2.32. The maximum absolute atomic E-state index is 5.72. The van der Waals surface area contributed by atoms with E-state index >= 15 is 0 Å². The average molecular weight is 246 g/mol. The Labute approximate surface area is 111 Å². The van der Waals surface area contributed by atoms with Crippen molar-refractivity contribution in [3.63, 3.8) is 0 Å². The van der Waals surface area contributed by atoms with Crippen LogP contribution in [-0.2, 0) is 0 Å². The Bertz CT molecular complexity index is 354. The fourth-order valence-electron chi connectivity index (χ4n) is 2.61. The molecule has 0 aromatic heterocycles. The van der Waals surface area contributed by atoms with Crippen LogP contribution in [0.15, 0.2) is 24.3 Å². The van der Waals surface area contributed by atoms with Crippen LogP contribution in [0.2, 0.25) is 0 Å². The van der Waals surface area contributed by atoms with Gasteiger partial charge in [0.2, 0.25) is 0 Å². The molecular formula is C16H26N2. The largest absolute Gasteiger partial charge is 0.399 e. The van der Waals surface area contributed by atoms with E-state index in [4.69, 9.17) is 5.73 Å². The molecule has 1 unspecified atom stereocenters. The third-order valence-corrected chi connectivity index (χ3v) is 4.24. The van der Waals surface area contributed by atoms with Gasteiger partial charge < -0.3 is 10.6 Å². The van der Waals surface area contributed by atoms with E-state index in [1.165, 1.54) is 44.3 Å². The molecule has 1 aliphatic carbocycles. The first-order chi connectivity index (χ1) is 8.65. The molecule has 1 aromatic rings. The van der Waals surface area contributed by atoms with Crippen LogP contribution < -0.4 is 5.73 Å². The molecule has 2 nitrogen and oxygen atoms in total. The maximum Gasteiger partial charge on any atom is 0.0314 e. The summed E-state index contributed by atoms with van der Waals surface area (Å²) in [5.74, 6) is 1.59. The second-order valence-electron chi connectivity index (χ2n) is 5.92. The van der Waals surface area contributed by atoms with Gasteiger partial charge in [-0.2, -0.15) is 0 Å². The number of nitrogens with zero attached hydrogens (tertiary/aromatic N) is 1. The van der Waals surface area contributed by atoms with Gasteiger partial charge in [0.15, 0.2) is 0 Å². The Morgan fingerprint density at radius 3 is 2.50 bits per heavy atom. The molecule has 1 aliphatic rings. The first kappa shape index (κ1) is 13.4. The lowest BCUT2D eigenvalue weighted by atomic mass is 9.85. The fraction of sp³-hybridized carbons (Fsp3) is 0.625. The van der Waals surface area contributed by atoms with Crippen molar-refractivity contribution in [2.75, 3.05) is 25.9 Å². The zero-order valence-corrected chi connectivity index (χ0v) is 11.7. The van der Waals surface area contributed by atoms with E-state index in [0.717, 1.165) is 11.6 Å². The molecule has 0 radical (unpaired) electrons. The van der Waals surface area contributed by atoms with Gasteiger partial charge in [0.05, 0.1) is 0 Å². The molecule has 0 saturated heterocycles. The fourth-order valence-corrected chi connectivity index (χ4v) is 2.61. The summed E-state index contributed by atoms with van der Waals surface area (Å²) in [6.45, 7) is 4.79. The van der Waals surface area contributed by atoms with Crippen LogP contribution in [0.5, 0.6) is 0 Å². The standard InChI is InChI=1S/C16H26N2/c1-13(15-6-8-16(17)9-7-15)10-11-18(2)12-14-4-3-5-14/h6-9,13-14H,3-5,10-12,17H2,1-2H3. The van der Waals surface area contributed by atoms with Gasteiger partial charge in [-0.3, -0.25) is 0 Å². The topological polar surface area (TPSA) is 29.3 Å². The number of hydrogen-bond acceptors (Lipinski definition) is 2. The van der Waals surface area contributed by atoms with Crippen molar-refractivity contribution < 1.29 is 0 Å². The molecule has 0 heterocycles. The van der Waals surface area contributed by atoms with E-state index in [1.54, 1.807) is 0 Å². The number of anilines is 1. The van der Waals surface area contributed by atoms with Gasteiger partial charge in [0.25, 0.3) is 0 Å². The summed E-state index contributed by atoms with van der Waals surface area (Å²) in [4.78, 5) is 2.50. The summed E-state index contributed by atoms with van der Waals surface area (Å²) in [5.41, 5.74) is 7.98. The summed E-state index contributed by atoms with van der Waals surface area (Å²) in [6, 6.07) is 8.33. The third-order valence-electron chi connectivity index (χ3n) is 4.24. The summed E-state index contributed by atoms with van der Waals surface area (Å²) in [7, 11) is 2.26. The Balaban J connectivity index is 1.73. The van der Waals surface area contributed by atoms with Crippen LogP contribution >= 0.6 is 0 Å². The summed E-state index contributed by atoms with van der Waals surface area (Å²) in [6.07, 6.45) is 5.56. The zero-order valence-electron chi connectivity index (χ0n) is 11.7. The van der Waals surface area contributed by atoms with Crippen molar-refractivity contribution in [1.29, 1.82) is 0 Å². The Kier molecular flexibility index (Phi) is 4.65. The van der Waals surface area contributed by atoms with Gasteiger partial charge in [0, 0.05) is 12.2 Å². The summed E-state index contributed by atoms with van der Waals surface area (Å²) < 4.78 is 0. The van der Waals surface area contributed by atoms with Crippen LogP contribution in [-0.4, -0.2) is 25.0 Å². The predicted molar refractivity (Wildman–Crippen MR) is 78.7 cm³/mol. The van der Waals surface area contributed by atoms with Crippen LogP contribution in [0.1, 0.15) is 44.1 Å². The van der Waals surface area contributed by atoms with Crippen molar-refractivity contribution in [3.8, 4) is 0 Å². The second-order valence-corrected chi connectivity index (χ2v) is 5.92. The number of hydrogen-bond donors (Lipinski definition) is 1. The van der Waals surface area contributed by atoms with Crippen LogP contribution in [0.4, 0.5) is 5.69 Å². The zero-order chi connectivity index (χ0) is 13.0. The van der Waals surface area contributed by atoms with E-state index in [-0.39, 0.29) is 0 Å². The molecule has 18 heavy (non-hydrogen) atoms. The molecule has 1 atom stereocenters. The molecule has 0 bridgehead atoms. The van der Waals surface area contributed by atoms with Crippen LogP contribution in [0, 0.1) is 5.92 Å². The van der Waals surface area contributed by atoms with Gasteiger partial charge in [-0.15, -0.1) is 0 Å². The normalized spacial score (nSPS) is 17.7. The monoisotopic (exact) mass is 246 g/mol. The molecule has 1 saturated carbocycles. The van der Waals surface area contributed by atoms with Gasteiger partial charge in [-0.05, 0) is 62.4 Å². The smallest absolute Gasteiger partial charge is 0.0314 e. The molecule has 0 aliphatic heterocycles. The first-order valence-corrected chi connectivity index (χ1v) is 7.19. The van der Waals surface area contributed by atoms with Gasteiger partial charge in [-0.1, -0.05) is 25.5 Å². The summed E-state index contributed by atoms with van der Waals surface area (Å²) in [5, 5.41) is 0. The van der Waals surface area contributed by atoms with Crippen LogP contribution in [0.25, 0.3) is 0 Å². The molecule has 1 aromatic carbocycles. The minimum absolute atomic E-state index is 0.620. The molecule has 0 spiro atoms. The molecule has 1 fully saturated rings. The van der Waals surface area contributed by atoms with Crippen molar-refractivity contribution in [1.82, 2.24) is 4.90 Å². The first-order valence-electron chi connectivity index (χ1n) is 7.19. The van der Waals surface area contributed by atoms with E-state index in [0.29, 0.717) is 5.92 Å². The van der Waals surface area contributed by atoms with Crippen molar-refractivity contribution >= 4 is 5.69 Å². The van der Waals surface area contributed by atoms with E-state index in [9.17, 15) is 0 Å². The molecule has 0 amide bonds. The maximum atomic E-state index is 5.72. The summed E-state index contributed by atoms with van der Waals surface area (Å²) >= 11 is 0. The molecule has 2 heteroatoms. The Morgan fingerprint density at radius 1 is 1.28 bits per heavy atom. The molecular weight excluding hydrogens is 220 g/mol. The second kappa shape index (κ2) is 6.24. The predicted octanol–water partition coefficient (Wildman–Crippen LogP) is 3.49. The highest BCUT2D eigenvalue weighted by Crippen LogP contribution is 2.27. The van der Waals surface area contributed by atoms with Crippen LogP contribution in [0.3, 0.4) is 0 Å². The lowest BCUT2D eigenvalue weighted by Crippen LogP contribution is -2.30. The molecule has 2 N–H and O–H groups in total.